The van der Waals surface area contributed by atoms with E-state index in [0.717, 1.165) is 29.0 Å². The van der Waals surface area contributed by atoms with E-state index >= 15 is 0 Å². The van der Waals surface area contributed by atoms with Crippen molar-refractivity contribution in [1.82, 2.24) is 9.62 Å². The van der Waals surface area contributed by atoms with E-state index in [0.29, 0.717) is 30.9 Å². The van der Waals surface area contributed by atoms with Crippen LogP contribution < -0.4 is 14.4 Å². The highest BCUT2D eigenvalue weighted by molar-refractivity contribution is 7.92. The number of nitrogens with zero attached hydrogens (tertiary/aromatic N) is 2. The average molecular weight is 524 g/mol. The van der Waals surface area contributed by atoms with Crippen molar-refractivity contribution >= 4 is 31.6 Å². The van der Waals surface area contributed by atoms with Crippen molar-refractivity contribution in [2.24, 2.45) is 0 Å². The summed E-state index contributed by atoms with van der Waals surface area (Å²) < 4.78 is 58.5. The maximum atomic E-state index is 12.9. The number of sulfonamides is 2. The molecule has 1 heterocycles. The van der Waals surface area contributed by atoms with Crippen LogP contribution in [0.25, 0.3) is 0 Å². The van der Waals surface area contributed by atoms with Gasteiger partial charge in [0.1, 0.15) is 18.4 Å². The van der Waals surface area contributed by atoms with E-state index in [4.69, 9.17) is 4.74 Å². The number of amides is 1. The molecule has 0 radical (unpaired) electrons. The number of hydrogen-bond acceptors (Lipinski definition) is 6. The van der Waals surface area contributed by atoms with E-state index < -0.39 is 32.0 Å². The van der Waals surface area contributed by atoms with Gasteiger partial charge >= 0.3 is 0 Å². The summed E-state index contributed by atoms with van der Waals surface area (Å²) >= 11 is 0. The maximum Gasteiger partial charge on any atom is 0.244 e. The minimum absolute atomic E-state index is 0.143. The lowest BCUT2D eigenvalue weighted by Crippen LogP contribution is -2.50. The Kier molecular flexibility index (Phi) is 8.79. The van der Waals surface area contributed by atoms with Crippen LogP contribution in [0.3, 0.4) is 0 Å². The van der Waals surface area contributed by atoms with Crippen molar-refractivity contribution in [3.05, 3.63) is 54.1 Å². The van der Waals surface area contributed by atoms with Crippen molar-refractivity contribution in [2.45, 2.75) is 44.0 Å². The van der Waals surface area contributed by atoms with Crippen LogP contribution in [0.1, 0.15) is 31.7 Å². The molecule has 2 aromatic rings. The van der Waals surface area contributed by atoms with Crippen molar-refractivity contribution < 1.29 is 26.4 Å². The molecule has 0 unspecified atom stereocenters. The number of anilines is 1. The minimum atomic E-state index is -3.70. The van der Waals surface area contributed by atoms with Crippen LogP contribution >= 0.6 is 0 Å². The number of rotatable bonds is 11. The summed E-state index contributed by atoms with van der Waals surface area (Å²) in [5, 5.41) is 2.74. The molecule has 2 aromatic carbocycles. The third-order valence-corrected chi connectivity index (χ3v) is 8.88. The zero-order chi connectivity index (χ0) is 25.6. The van der Waals surface area contributed by atoms with Gasteiger partial charge in [-0.05, 0) is 68.1 Å². The molecule has 1 fully saturated rings. The Morgan fingerprint density at radius 2 is 1.74 bits per heavy atom. The van der Waals surface area contributed by atoms with E-state index in [-0.39, 0.29) is 18.0 Å². The van der Waals surface area contributed by atoms with Gasteiger partial charge in [-0.25, -0.2) is 16.8 Å². The van der Waals surface area contributed by atoms with Crippen LogP contribution in [0.4, 0.5) is 5.69 Å². The zero-order valence-corrected chi connectivity index (χ0v) is 21.9. The molecule has 0 spiro atoms. The molecule has 0 aliphatic carbocycles. The summed E-state index contributed by atoms with van der Waals surface area (Å²) in [5.74, 6) is 0.0549. The lowest BCUT2D eigenvalue weighted by atomic mass is 10.1. The number of benzene rings is 2. The second-order valence-electron chi connectivity index (χ2n) is 8.54. The first-order chi connectivity index (χ1) is 16.5. The zero-order valence-electron chi connectivity index (χ0n) is 20.3. The Morgan fingerprint density at radius 1 is 1.09 bits per heavy atom. The molecule has 3 rings (SSSR count). The largest absolute Gasteiger partial charge is 0.492 e. The molecule has 11 heteroatoms. The fraction of sp³-hybridized carbons (Fsp3) is 0.458. The summed E-state index contributed by atoms with van der Waals surface area (Å²) in [6.07, 6.45) is 3.12. The van der Waals surface area contributed by atoms with Crippen LogP contribution in [-0.2, 0) is 24.8 Å². The predicted octanol–water partition coefficient (Wildman–Crippen LogP) is 2.52. The smallest absolute Gasteiger partial charge is 0.244 e. The molecule has 1 amide bonds. The van der Waals surface area contributed by atoms with Gasteiger partial charge in [0, 0.05) is 13.1 Å². The topological polar surface area (TPSA) is 113 Å². The number of ether oxygens (including phenoxy) is 1. The van der Waals surface area contributed by atoms with Gasteiger partial charge in [0.05, 0.1) is 23.4 Å². The molecule has 1 N–H and O–H groups in total. The number of hydrogen-bond donors (Lipinski definition) is 1. The van der Waals surface area contributed by atoms with Gasteiger partial charge in [0.15, 0.2) is 0 Å². The SMILES string of the molecule is CC[C@H](C(=O)NCCOc1ccc(S(=O)(=O)N2CCCC2)cc1)N(c1cccc(C)c1)S(C)(=O)=O. The third-order valence-electron chi connectivity index (χ3n) is 5.78. The lowest BCUT2D eigenvalue weighted by molar-refractivity contribution is -0.122. The quantitative estimate of drug-likeness (QED) is 0.453. The van der Waals surface area contributed by atoms with Crippen molar-refractivity contribution in [2.75, 3.05) is 36.8 Å². The molecular formula is C24H33N3O6S2. The monoisotopic (exact) mass is 523 g/mol. The summed E-state index contributed by atoms with van der Waals surface area (Å²) in [6, 6.07) is 12.3. The minimum Gasteiger partial charge on any atom is -0.492 e. The van der Waals surface area contributed by atoms with Crippen molar-refractivity contribution in [3.63, 3.8) is 0 Å². The Morgan fingerprint density at radius 3 is 2.31 bits per heavy atom. The van der Waals surface area contributed by atoms with Gasteiger partial charge in [-0.3, -0.25) is 9.10 Å². The van der Waals surface area contributed by atoms with Crippen molar-refractivity contribution in [1.29, 1.82) is 0 Å². The third kappa shape index (κ3) is 6.74. The van der Waals surface area contributed by atoms with E-state index in [1.54, 1.807) is 37.3 Å². The second-order valence-corrected chi connectivity index (χ2v) is 12.3. The number of nitrogens with one attached hydrogen (secondary N) is 1. The van der Waals surface area contributed by atoms with Crippen LogP contribution in [0.2, 0.25) is 0 Å². The number of carbonyl (C=O) groups is 1. The Balaban J connectivity index is 1.57. The highest BCUT2D eigenvalue weighted by Crippen LogP contribution is 2.24. The standard InChI is InChI=1S/C24H33N3O6S2/c1-4-23(27(34(3,29)30)20-9-7-8-19(2)18-20)24(28)25-14-17-33-21-10-12-22(13-11-21)35(31,32)26-15-5-6-16-26/h7-13,18,23H,4-6,14-17H2,1-3H3,(H,25,28)/t23-/m1/s1. The molecule has 192 valence electrons. The first kappa shape index (κ1) is 27.0. The van der Waals surface area contributed by atoms with Crippen molar-refractivity contribution in [3.8, 4) is 5.75 Å². The highest BCUT2D eigenvalue weighted by Gasteiger charge is 2.31. The predicted molar refractivity (Wildman–Crippen MR) is 136 cm³/mol. The molecule has 1 aliphatic heterocycles. The Bertz CT molecular complexity index is 1220. The van der Waals surface area contributed by atoms with E-state index in [1.807, 2.05) is 13.0 Å². The normalized spacial score (nSPS) is 15.5. The number of carbonyl (C=O) groups excluding carboxylic acids is 1. The van der Waals surface area contributed by atoms with Gasteiger partial charge in [0.25, 0.3) is 0 Å². The van der Waals surface area contributed by atoms with Gasteiger partial charge in [-0.1, -0.05) is 19.1 Å². The first-order valence-corrected chi connectivity index (χ1v) is 14.9. The van der Waals surface area contributed by atoms with Gasteiger partial charge in [0.2, 0.25) is 26.0 Å². The molecule has 1 atom stereocenters. The maximum absolute atomic E-state index is 12.9. The molecule has 1 saturated heterocycles. The van der Waals surface area contributed by atoms with E-state index in [9.17, 15) is 21.6 Å². The van der Waals surface area contributed by atoms with Crippen LogP contribution in [0.5, 0.6) is 5.75 Å². The van der Waals surface area contributed by atoms with Crippen LogP contribution in [0.15, 0.2) is 53.4 Å². The van der Waals surface area contributed by atoms with Crippen LogP contribution in [-0.4, -0.2) is 65.6 Å². The molecule has 0 saturated carbocycles. The second kappa shape index (κ2) is 11.4. The molecular weight excluding hydrogens is 490 g/mol. The molecule has 0 bridgehead atoms. The summed E-state index contributed by atoms with van der Waals surface area (Å²) in [5.41, 5.74) is 1.33. The van der Waals surface area contributed by atoms with Gasteiger partial charge in [-0.2, -0.15) is 4.31 Å². The fourth-order valence-corrected chi connectivity index (χ4v) is 6.79. The van der Waals surface area contributed by atoms with E-state index in [2.05, 4.69) is 5.32 Å². The fourth-order valence-electron chi connectivity index (χ4n) is 4.07. The van der Waals surface area contributed by atoms with Gasteiger partial charge in [-0.15, -0.1) is 0 Å². The number of aryl methyl sites for hydroxylation is 1. The lowest BCUT2D eigenvalue weighted by Gasteiger charge is -2.30. The highest BCUT2D eigenvalue weighted by atomic mass is 32.2. The van der Waals surface area contributed by atoms with E-state index in [1.165, 1.54) is 16.4 Å². The Labute approximate surface area is 208 Å². The average Bonchev–Trinajstić information content (AvgIpc) is 3.35. The summed E-state index contributed by atoms with van der Waals surface area (Å²) in [6.45, 7) is 5.00. The first-order valence-electron chi connectivity index (χ1n) is 11.6. The Hall–Kier alpha value is -2.63. The molecule has 35 heavy (non-hydrogen) atoms. The summed E-state index contributed by atoms with van der Waals surface area (Å²) in [4.78, 5) is 13.1. The molecule has 0 aromatic heterocycles. The molecule has 9 nitrogen and oxygen atoms in total. The van der Waals surface area contributed by atoms with Crippen LogP contribution in [0, 0.1) is 6.92 Å². The summed E-state index contributed by atoms with van der Waals surface area (Å²) in [7, 11) is -7.18. The molecule has 1 aliphatic rings. The van der Waals surface area contributed by atoms with Gasteiger partial charge < -0.3 is 10.1 Å².